The SMILES string of the molecule is CC1C=C(N(C2=CCC(C3(C)C=CC(N(c4ccc(-c5ccccc5)cc4)c4ccc(C5C=CC=CC5)cc4)=CC3)C=C2)c2ccc(-c3ccccc3)cc2)CCC1c1ccccc1. The van der Waals surface area contributed by atoms with Gasteiger partial charge >= 0.3 is 0 Å². The van der Waals surface area contributed by atoms with Gasteiger partial charge in [0.25, 0.3) is 0 Å². The highest BCUT2D eigenvalue weighted by Gasteiger charge is 2.34. The predicted octanol–water partition coefficient (Wildman–Crippen LogP) is 16.7. The topological polar surface area (TPSA) is 6.48 Å². The average molecular weight is 831 g/mol. The third-order valence-corrected chi connectivity index (χ3v) is 14.2. The van der Waals surface area contributed by atoms with Crippen molar-refractivity contribution in [1.82, 2.24) is 0 Å². The molecule has 0 saturated heterocycles. The van der Waals surface area contributed by atoms with Crippen molar-refractivity contribution >= 4 is 17.1 Å². The molecule has 64 heavy (non-hydrogen) atoms. The van der Waals surface area contributed by atoms with Crippen molar-refractivity contribution in [3.8, 4) is 22.3 Å². The average Bonchev–Trinajstić information content (AvgIpc) is 3.37. The lowest BCUT2D eigenvalue weighted by Gasteiger charge is -2.40. The zero-order valence-electron chi connectivity index (χ0n) is 37.2. The second-order valence-corrected chi connectivity index (χ2v) is 18.3. The largest absolute Gasteiger partial charge is 0.315 e. The highest BCUT2D eigenvalue weighted by atomic mass is 15.2. The molecule has 6 aromatic carbocycles. The van der Waals surface area contributed by atoms with Gasteiger partial charge in [0, 0.05) is 40.1 Å². The van der Waals surface area contributed by atoms with Crippen LogP contribution in [0.3, 0.4) is 0 Å². The summed E-state index contributed by atoms with van der Waals surface area (Å²) >= 11 is 0. The van der Waals surface area contributed by atoms with Crippen LogP contribution in [-0.2, 0) is 0 Å². The molecule has 0 radical (unpaired) electrons. The van der Waals surface area contributed by atoms with E-state index < -0.39 is 0 Å². The van der Waals surface area contributed by atoms with Crippen LogP contribution >= 0.6 is 0 Å². The Morgan fingerprint density at radius 1 is 0.516 bits per heavy atom. The summed E-state index contributed by atoms with van der Waals surface area (Å²) in [7, 11) is 0. The predicted molar refractivity (Wildman–Crippen MR) is 271 cm³/mol. The Hall–Kier alpha value is -6.90. The highest BCUT2D eigenvalue weighted by molar-refractivity contribution is 5.74. The maximum absolute atomic E-state index is 2.55. The Morgan fingerprint density at radius 2 is 1.08 bits per heavy atom. The molecule has 0 bridgehead atoms. The Balaban J connectivity index is 0.908. The van der Waals surface area contributed by atoms with Gasteiger partial charge in [-0.05, 0) is 137 Å². The molecule has 10 rings (SSSR count). The van der Waals surface area contributed by atoms with Gasteiger partial charge in [0.2, 0.25) is 0 Å². The van der Waals surface area contributed by atoms with Crippen molar-refractivity contribution < 1.29 is 0 Å². The Morgan fingerprint density at radius 3 is 1.61 bits per heavy atom. The molecule has 0 fully saturated rings. The molecule has 0 aromatic heterocycles. The molecule has 2 heteroatoms. The summed E-state index contributed by atoms with van der Waals surface area (Å²) in [6, 6.07) is 59.9. The molecule has 316 valence electrons. The van der Waals surface area contributed by atoms with Crippen LogP contribution in [-0.4, -0.2) is 0 Å². The van der Waals surface area contributed by atoms with Crippen molar-refractivity contribution in [3.63, 3.8) is 0 Å². The van der Waals surface area contributed by atoms with Crippen molar-refractivity contribution in [2.24, 2.45) is 17.3 Å². The fourth-order valence-electron chi connectivity index (χ4n) is 10.4. The molecular formula is C62H58N2. The van der Waals surface area contributed by atoms with Crippen LogP contribution in [0.1, 0.15) is 68.9 Å². The first-order valence-electron chi connectivity index (χ1n) is 23.4. The van der Waals surface area contributed by atoms with E-state index in [-0.39, 0.29) is 5.41 Å². The molecule has 4 aliphatic rings. The fourth-order valence-corrected chi connectivity index (χ4v) is 10.4. The monoisotopic (exact) mass is 830 g/mol. The van der Waals surface area contributed by atoms with E-state index in [1.807, 2.05) is 0 Å². The van der Waals surface area contributed by atoms with E-state index in [0.717, 1.165) is 37.8 Å². The lowest BCUT2D eigenvalue weighted by Crippen LogP contribution is -2.30. The summed E-state index contributed by atoms with van der Waals surface area (Å²) in [6.07, 6.45) is 31.4. The molecule has 0 N–H and O–H groups in total. The summed E-state index contributed by atoms with van der Waals surface area (Å²) in [5, 5.41) is 0. The van der Waals surface area contributed by atoms with E-state index in [4.69, 9.17) is 0 Å². The van der Waals surface area contributed by atoms with Gasteiger partial charge in [0.05, 0.1) is 0 Å². The Kier molecular flexibility index (Phi) is 11.9. The van der Waals surface area contributed by atoms with Crippen LogP contribution in [0.4, 0.5) is 17.1 Å². The maximum atomic E-state index is 2.55. The van der Waals surface area contributed by atoms with Crippen LogP contribution in [0.15, 0.2) is 248 Å². The number of anilines is 3. The molecule has 5 unspecified atom stereocenters. The van der Waals surface area contributed by atoms with Crippen LogP contribution < -0.4 is 9.80 Å². The number of nitrogens with zero attached hydrogens (tertiary/aromatic N) is 2. The number of hydrogen-bond acceptors (Lipinski definition) is 2. The molecule has 0 saturated carbocycles. The fraction of sp³-hybridized carbons (Fsp3) is 0.194. The Bertz CT molecular complexity index is 2750. The first-order valence-corrected chi connectivity index (χ1v) is 23.4. The molecule has 0 amide bonds. The van der Waals surface area contributed by atoms with Crippen LogP contribution in [0, 0.1) is 17.3 Å². The molecule has 5 atom stereocenters. The lowest BCUT2D eigenvalue weighted by molar-refractivity contribution is 0.307. The van der Waals surface area contributed by atoms with Crippen molar-refractivity contribution in [2.45, 2.75) is 57.8 Å². The van der Waals surface area contributed by atoms with Gasteiger partial charge in [-0.3, -0.25) is 0 Å². The number of hydrogen-bond donors (Lipinski definition) is 0. The molecule has 0 aliphatic heterocycles. The van der Waals surface area contributed by atoms with Gasteiger partial charge in [-0.15, -0.1) is 0 Å². The standard InChI is InChI=1S/C62H58N2/c1-46-45-60(39-40-61(46)53-21-13-6-14-22-53)64(57-35-27-52(28-36-57)49-19-11-5-12-20-49)58-37-29-54(30-38-58)62(2)43-41-59(42-44-62)63(55-31-23-50(24-32-55)47-15-7-3-8-16-47)56-33-25-51(26-34-56)48-17-9-4-10-18-48/h3-17,19-29,31-38,41-43,45-46,48,54,61H,18,30,39-40,44H2,1-2H3. The third-order valence-electron chi connectivity index (χ3n) is 14.2. The smallest absolute Gasteiger partial charge is 0.0461 e. The minimum atomic E-state index is -0.0146. The van der Waals surface area contributed by atoms with Gasteiger partial charge in [-0.1, -0.05) is 196 Å². The van der Waals surface area contributed by atoms with E-state index in [1.54, 1.807) is 0 Å². The van der Waals surface area contributed by atoms with Gasteiger partial charge < -0.3 is 9.80 Å². The number of allylic oxidation sites excluding steroid dienone is 12. The van der Waals surface area contributed by atoms with E-state index in [2.05, 4.69) is 254 Å². The molecular weight excluding hydrogens is 773 g/mol. The molecule has 0 heterocycles. The van der Waals surface area contributed by atoms with Crippen molar-refractivity contribution in [3.05, 3.63) is 259 Å². The highest BCUT2D eigenvalue weighted by Crippen LogP contribution is 2.46. The molecule has 4 aliphatic carbocycles. The zero-order valence-corrected chi connectivity index (χ0v) is 37.2. The van der Waals surface area contributed by atoms with E-state index in [0.29, 0.717) is 23.7 Å². The second kappa shape index (κ2) is 18.4. The van der Waals surface area contributed by atoms with E-state index in [9.17, 15) is 0 Å². The number of rotatable bonds is 11. The zero-order chi connectivity index (χ0) is 43.3. The summed E-state index contributed by atoms with van der Waals surface area (Å²) < 4.78 is 0. The molecule has 0 spiro atoms. The van der Waals surface area contributed by atoms with Crippen LogP contribution in [0.25, 0.3) is 22.3 Å². The van der Waals surface area contributed by atoms with Gasteiger partial charge in [0.15, 0.2) is 0 Å². The first kappa shape index (κ1) is 41.1. The summed E-state index contributed by atoms with van der Waals surface area (Å²) in [6.45, 7) is 4.84. The van der Waals surface area contributed by atoms with Gasteiger partial charge in [-0.25, -0.2) is 0 Å². The second-order valence-electron chi connectivity index (χ2n) is 18.3. The molecule has 6 aromatic rings. The maximum Gasteiger partial charge on any atom is 0.0461 e. The summed E-state index contributed by atoms with van der Waals surface area (Å²) in [4.78, 5) is 4.98. The van der Waals surface area contributed by atoms with Gasteiger partial charge in [0.1, 0.15) is 0 Å². The van der Waals surface area contributed by atoms with Crippen LogP contribution in [0.2, 0.25) is 0 Å². The Labute approximate surface area is 381 Å². The van der Waals surface area contributed by atoms with Crippen LogP contribution in [0.5, 0.6) is 0 Å². The lowest BCUT2D eigenvalue weighted by atomic mass is 9.69. The van der Waals surface area contributed by atoms with E-state index >= 15 is 0 Å². The minimum absolute atomic E-state index is 0.0146. The van der Waals surface area contributed by atoms with Crippen molar-refractivity contribution in [2.75, 3.05) is 9.80 Å². The molecule has 2 nitrogen and oxygen atoms in total. The summed E-state index contributed by atoms with van der Waals surface area (Å²) in [5.41, 5.74) is 15.2. The normalized spacial score (nSPS) is 22.6. The first-order chi connectivity index (χ1) is 31.5. The van der Waals surface area contributed by atoms with Crippen molar-refractivity contribution in [1.29, 1.82) is 0 Å². The minimum Gasteiger partial charge on any atom is -0.315 e. The van der Waals surface area contributed by atoms with E-state index in [1.165, 1.54) is 61.8 Å². The summed E-state index contributed by atoms with van der Waals surface area (Å²) in [5.74, 6) is 1.78. The van der Waals surface area contributed by atoms with Gasteiger partial charge in [-0.2, -0.15) is 0 Å². The number of benzene rings is 6. The third kappa shape index (κ3) is 8.71. The quantitative estimate of drug-likeness (QED) is 0.128.